The molecule has 100 valence electrons. The quantitative estimate of drug-likeness (QED) is 0.481. The number of aliphatic carboxylic acids is 1. The van der Waals surface area contributed by atoms with Crippen molar-refractivity contribution in [2.45, 2.75) is 13.8 Å². The van der Waals surface area contributed by atoms with Crippen LogP contribution in [0.25, 0.3) is 0 Å². The average Bonchev–Trinajstić information content (AvgIpc) is 2.23. The highest BCUT2D eigenvalue weighted by molar-refractivity contribution is 6.03. The third kappa shape index (κ3) is 4.64. The number of carbonyl (C=O) groups is 4. The van der Waals surface area contributed by atoms with Crippen LogP contribution >= 0.6 is 0 Å². The lowest BCUT2D eigenvalue weighted by molar-refractivity contribution is -0.136. The molecule has 0 aliphatic carbocycles. The highest BCUT2D eigenvalue weighted by Crippen LogP contribution is 2.08. The third-order valence-corrected chi connectivity index (χ3v) is 2.18. The molecule has 0 aromatic rings. The number of rotatable bonds is 6. The van der Waals surface area contributed by atoms with E-state index in [0.717, 1.165) is 4.90 Å². The summed E-state index contributed by atoms with van der Waals surface area (Å²) in [6, 6.07) is 0. The number of carboxylic acids is 1. The molecule has 5 N–H and O–H groups in total. The Bertz CT molecular complexity index is 411. The second-order valence-corrected chi connectivity index (χ2v) is 3.65. The molecular formula is C10H15N3O5. The maximum absolute atomic E-state index is 11.8. The lowest BCUT2D eigenvalue weighted by Crippen LogP contribution is -2.43. The van der Waals surface area contributed by atoms with Crippen LogP contribution in [0.5, 0.6) is 0 Å². The summed E-state index contributed by atoms with van der Waals surface area (Å²) >= 11 is 0. The fourth-order valence-corrected chi connectivity index (χ4v) is 1.13. The van der Waals surface area contributed by atoms with E-state index in [4.69, 9.17) is 16.6 Å². The number of amides is 3. The van der Waals surface area contributed by atoms with Crippen LogP contribution in [-0.2, 0) is 19.2 Å². The highest BCUT2D eigenvalue weighted by atomic mass is 16.4. The molecule has 0 rings (SSSR count). The van der Waals surface area contributed by atoms with E-state index in [9.17, 15) is 19.2 Å². The lowest BCUT2D eigenvalue weighted by Gasteiger charge is -2.20. The van der Waals surface area contributed by atoms with Gasteiger partial charge in [0.15, 0.2) is 0 Å². The summed E-state index contributed by atoms with van der Waals surface area (Å²) in [6.07, 6.45) is 0. The van der Waals surface area contributed by atoms with E-state index < -0.39 is 36.8 Å². The van der Waals surface area contributed by atoms with E-state index in [2.05, 4.69) is 0 Å². The van der Waals surface area contributed by atoms with Crippen LogP contribution in [0.15, 0.2) is 11.1 Å². The minimum absolute atomic E-state index is 0.0926. The zero-order valence-electron chi connectivity index (χ0n) is 10.1. The molecule has 0 saturated heterocycles. The maximum atomic E-state index is 11.8. The molecule has 0 aromatic carbocycles. The van der Waals surface area contributed by atoms with Gasteiger partial charge in [0.25, 0.3) is 5.91 Å². The first kappa shape index (κ1) is 15.6. The molecule has 8 heteroatoms. The molecule has 0 spiro atoms. The van der Waals surface area contributed by atoms with Crippen molar-refractivity contribution in [1.29, 1.82) is 0 Å². The molecule has 3 amide bonds. The minimum Gasteiger partial charge on any atom is -0.478 e. The van der Waals surface area contributed by atoms with Crippen molar-refractivity contribution in [2.75, 3.05) is 13.1 Å². The van der Waals surface area contributed by atoms with Crippen molar-refractivity contribution in [3.05, 3.63) is 11.1 Å². The van der Waals surface area contributed by atoms with Gasteiger partial charge in [-0.2, -0.15) is 0 Å². The summed E-state index contributed by atoms with van der Waals surface area (Å²) in [6.45, 7) is 1.50. The second kappa shape index (κ2) is 6.38. The Morgan fingerprint density at radius 3 is 1.61 bits per heavy atom. The highest BCUT2D eigenvalue weighted by Gasteiger charge is 2.22. The molecule has 0 fully saturated rings. The largest absolute Gasteiger partial charge is 0.478 e. The minimum atomic E-state index is -1.26. The third-order valence-electron chi connectivity index (χ3n) is 2.18. The molecular weight excluding hydrogens is 242 g/mol. The summed E-state index contributed by atoms with van der Waals surface area (Å²) < 4.78 is 0. The number of carboxylic acid groups (broad SMARTS) is 1. The molecule has 0 atom stereocenters. The van der Waals surface area contributed by atoms with Crippen LogP contribution in [-0.4, -0.2) is 46.8 Å². The summed E-state index contributed by atoms with van der Waals surface area (Å²) in [5, 5.41) is 8.73. The molecule has 0 aromatic heterocycles. The van der Waals surface area contributed by atoms with Crippen LogP contribution in [0.2, 0.25) is 0 Å². The zero-order valence-corrected chi connectivity index (χ0v) is 10.1. The smallest absolute Gasteiger partial charge is 0.331 e. The molecule has 8 nitrogen and oxygen atoms in total. The predicted molar refractivity (Wildman–Crippen MR) is 61.0 cm³/mol. The van der Waals surface area contributed by atoms with Crippen molar-refractivity contribution in [3.8, 4) is 0 Å². The molecule has 18 heavy (non-hydrogen) atoms. The number of carbonyl (C=O) groups excluding carboxylic acids is 3. The molecule has 0 saturated carbocycles. The molecule has 0 unspecified atom stereocenters. The van der Waals surface area contributed by atoms with Crippen LogP contribution in [0.3, 0.4) is 0 Å². The average molecular weight is 257 g/mol. The van der Waals surface area contributed by atoms with Gasteiger partial charge in [-0.15, -0.1) is 0 Å². The summed E-state index contributed by atoms with van der Waals surface area (Å²) in [5.41, 5.74) is 9.58. The number of nitrogens with zero attached hydrogens (tertiary/aromatic N) is 1. The van der Waals surface area contributed by atoms with Gasteiger partial charge >= 0.3 is 5.97 Å². The van der Waals surface area contributed by atoms with Crippen molar-refractivity contribution in [2.24, 2.45) is 11.5 Å². The Morgan fingerprint density at radius 2 is 1.33 bits per heavy atom. The Labute approximate surface area is 103 Å². The van der Waals surface area contributed by atoms with Gasteiger partial charge in [-0.25, -0.2) is 4.79 Å². The number of primary amides is 2. The van der Waals surface area contributed by atoms with E-state index in [1.807, 2.05) is 0 Å². The Kier molecular flexibility index (Phi) is 5.54. The van der Waals surface area contributed by atoms with E-state index in [0.29, 0.717) is 0 Å². The van der Waals surface area contributed by atoms with Crippen LogP contribution in [0.4, 0.5) is 0 Å². The monoisotopic (exact) mass is 257 g/mol. The molecule has 0 radical (unpaired) electrons. The fraction of sp³-hybridized carbons (Fsp3) is 0.400. The fourth-order valence-electron chi connectivity index (χ4n) is 1.13. The molecule has 0 aliphatic rings. The van der Waals surface area contributed by atoms with Gasteiger partial charge in [-0.05, 0) is 13.8 Å². The SMILES string of the molecule is CC(C(=O)O)=C(C)C(=O)N(CC(N)=O)CC(N)=O. The predicted octanol–water partition coefficient (Wildman–Crippen LogP) is -1.79. The Hall–Kier alpha value is -2.38. The van der Waals surface area contributed by atoms with Gasteiger partial charge in [-0.3, -0.25) is 14.4 Å². The van der Waals surface area contributed by atoms with Crippen molar-refractivity contribution >= 4 is 23.7 Å². The lowest BCUT2D eigenvalue weighted by atomic mass is 10.1. The van der Waals surface area contributed by atoms with Crippen LogP contribution in [0.1, 0.15) is 13.8 Å². The van der Waals surface area contributed by atoms with Gasteiger partial charge in [0.05, 0.1) is 0 Å². The van der Waals surface area contributed by atoms with E-state index in [1.54, 1.807) is 0 Å². The van der Waals surface area contributed by atoms with Crippen molar-refractivity contribution in [1.82, 2.24) is 4.90 Å². The zero-order chi connectivity index (χ0) is 14.5. The first-order valence-electron chi connectivity index (χ1n) is 4.93. The van der Waals surface area contributed by atoms with E-state index in [-0.39, 0.29) is 11.1 Å². The Balaban J connectivity index is 5.18. The summed E-state index contributed by atoms with van der Waals surface area (Å²) in [7, 11) is 0. The standard InChI is InChI=1S/C10H15N3O5/c1-5(6(2)10(17)18)9(16)13(3-7(11)14)4-8(12)15/h3-4H2,1-2H3,(H2,11,14)(H2,12,15)(H,17,18). The van der Waals surface area contributed by atoms with Gasteiger partial charge in [0.2, 0.25) is 11.8 Å². The van der Waals surface area contributed by atoms with E-state index >= 15 is 0 Å². The summed E-state index contributed by atoms with van der Waals surface area (Å²) in [4.78, 5) is 44.9. The topological polar surface area (TPSA) is 144 Å². The second-order valence-electron chi connectivity index (χ2n) is 3.65. The van der Waals surface area contributed by atoms with Gasteiger partial charge in [-0.1, -0.05) is 0 Å². The van der Waals surface area contributed by atoms with Crippen LogP contribution < -0.4 is 11.5 Å². The van der Waals surface area contributed by atoms with Crippen molar-refractivity contribution < 1.29 is 24.3 Å². The Morgan fingerprint density at radius 1 is 0.944 bits per heavy atom. The molecule has 0 heterocycles. The first-order valence-corrected chi connectivity index (χ1v) is 4.93. The summed E-state index contributed by atoms with van der Waals surface area (Å²) in [5.74, 6) is -3.69. The first-order chi connectivity index (χ1) is 8.16. The van der Waals surface area contributed by atoms with Crippen LogP contribution in [0, 0.1) is 0 Å². The number of hydrogen-bond donors (Lipinski definition) is 3. The van der Waals surface area contributed by atoms with E-state index in [1.165, 1.54) is 13.8 Å². The van der Waals surface area contributed by atoms with Gasteiger partial charge < -0.3 is 21.5 Å². The maximum Gasteiger partial charge on any atom is 0.331 e. The molecule has 0 bridgehead atoms. The normalized spacial score (nSPS) is 11.4. The van der Waals surface area contributed by atoms with Crippen molar-refractivity contribution in [3.63, 3.8) is 0 Å². The number of hydrogen-bond acceptors (Lipinski definition) is 4. The van der Waals surface area contributed by atoms with Gasteiger partial charge in [0.1, 0.15) is 13.1 Å². The number of nitrogens with two attached hydrogens (primary N) is 2. The van der Waals surface area contributed by atoms with Gasteiger partial charge in [0, 0.05) is 11.1 Å². The molecule has 0 aliphatic heterocycles.